The number of benzene rings is 2. The molecule has 0 radical (unpaired) electrons. The number of aryl methyl sites for hydroxylation is 1. The van der Waals surface area contributed by atoms with E-state index < -0.39 is 17.5 Å². The molecule has 0 unspecified atom stereocenters. The van der Waals surface area contributed by atoms with Gasteiger partial charge in [-0.2, -0.15) is 0 Å². The van der Waals surface area contributed by atoms with Gasteiger partial charge in [-0.3, -0.25) is 4.79 Å². The first-order valence-corrected chi connectivity index (χ1v) is 7.36. The molecule has 3 rings (SSSR count). The van der Waals surface area contributed by atoms with Crippen LogP contribution in [0.25, 0.3) is 5.69 Å². The zero-order chi connectivity index (χ0) is 17.8. The summed E-state index contributed by atoms with van der Waals surface area (Å²) < 4.78 is 27.5. The summed E-state index contributed by atoms with van der Waals surface area (Å²) >= 11 is 0. The summed E-state index contributed by atoms with van der Waals surface area (Å²) in [6, 6.07) is 8.69. The molecule has 2 N–H and O–H groups in total. The molecule has 1 amide bonds. The van der Waals surface area contributed by atoms with Crippen LogP contribution in [-0.4, -0.2) is 32.7 Å². The summed E-state index contributed by atoms with van der Waals surface area (Å²) in [5, 5.41) is 16.5. The molecule has 0 atom stereocenters. The van der Waals surface area contributed by atoms with Crippen LogP contribution in [0.4, 0.5) is 20.2 Å². The molecule has 3 aromatic rings. The zero-order valence-corrected chi connectivity index (χ0v) is 13.2. The van der Waals surface area contributed by atoms with Crippen LogP contribution in [0.1, 0.15) is 5.56 Å². The third kappa shape index (κ3) is 3.94. The topological polar surface area (TPSA) is 84.7 Å². The summed E-state index contributed by atoms with van der Waals surface area (Å²) in [7, 11) is 0. The number of halogens is 2. The van der Waals surface area contributed by atoms with Gasteiger partial charge in [0.2, 0.25) is 5.91 Å². The molecule has 128 valence electrons. The number of hydrogen-bond acceptors (Lipinski definition) is 5. The van der Waals surface area contributed by atoms with Gasteiger partial charge in [-0.15, -0.1) is 5.10 Å². The standard InChI is InChI=1S/C16H14F2N6O/c1-10-2-4-12(24-9-20-22-23-24)7-15(10)19-8-16(25)21-11-3-5-13(17)14(18)6-11/h2-7,9,19H,8H2,1H3,(H,21,25). The van der Waals surface area contributed by atoms with Crippen LogP contribution < -0.4 is 10.6 Å². The van der Waals surface area contributed by atoms with E-state index in [2.05, 4.69) is 26.2 Å². The lowest BCUT2D eigenvalue weighted by Gasteiger charge is -2.11. The molecule has 0 aliphatic carbocycles. The van der Waals surface area contributed by atoms with Crippen LogP contribution in [-0.2, 0) is 4.79 Å². The molecule has 0 aliphatic rings. The maximum absolute atomic E-state index is 13.2. The van der Waals surface area contributed by atoms with Crippen molar-refractivity contribution >= 4 is 17.3 Å². The van der Waals surface area contributed by atoms with Crippen LogP contribution in [0, 0.1) is 18.6 Å². The van der Waals surface area contributed by atoms with Gasteiger partial charge in [0.15, 0.2) is 11.6 Å². The van der Waals surface area contributed by atoms with Crippen LogP contribution in [0.5, 0.6) is 0 Å². The minimum Gasteiger partial charge on any atom is -0.376 e. The number of nitrogens with one attached hydrogen (secondary N) is 2. The number of tetrazole rings is 1. The molecule has 1 heterocycles. The van der Waals surface area contributed by atoms with Crippen LogP contribution >= 0.6 is 0 Å². The van der Waals surface area contributed by atoms with E-state index in [0.29, 0.717) is 0 Å². The monoisotopic (exact) mass is 344 g/mol. The molecule has 7 nitrogen and oxygen atoms in total. The molecule has 0 aliphatic heterocycles. The van der Waals surface area contributed by atoms with Crippen molar-refractivity contribution in [1.82, 2.24) is 20.2 Å². The SMILES string of the molecule is Cc1ccc(-n2cnnn2)cc1NCC(=O)Nc1ccc(F)c(F)c1. The van der Waals surface area contributed by atoms with Crippen LogP contribution in [0.3, 0.4) is 0 Å². The molecule has 0 saturated carbocycles. The fourth-order valence-electron chi connectivity index (χ4n) is 2.18. The molecular weight excluding hydrogens is 330 g/mol. The van der Waals surface area contributed by atoms with Crippen molar-refractivity contribution < 1.29 is 13.6 Å². The fraction of sp³-hybridized carbons (Fsp3) is 0.125. The highest BCUT2D eigenvalue weighted by molar-refractivity contribution is 5.93. The number of rotatable bonds is 5. The molecule has 0 saturated heterocycles. The van der Waals surface area contributed by atoms with Gasteiger partial charge in [0.05, 0.1) is 12.2 Å². The highest BCUT2D eigenvalue weighted by Crippen LogP contribution is 2.19. The molecule has 9 heteroatoms. The third-order valence-electron chi connectivity index (χ3n) is 3.48. The Hall–Kier alpha value is -3.36. The number of hydrogen-bond donors (Lipinski definition) is 2. The lowest BCUT2D eigenvalue weighted by Crippen LogP contribution is -2.22. The van der Waals surface area contributed by atoms with Gasteiger partial charge in [0.25, 0.3) is 0 Å². The van der Waals surface area contributed by atoms with E-state index in [1.54, 1.807) is 6.07 Å². The van der Waals surface area contributed by atoms with E-state index in [1.165, 1.54) is 17.1 Å². The molecule has 2 aromatic carbocycles. The Kier molecular flexibility index (Phi) is 4.64. The Balaban J connectivity index is 1.65. The lowest BCUT2D eigenvalue weighted by molar-refractivity contribution is -0.114. The van der Waals surface area contributed by atoms with Gasteiger partial charge in [-0.1, -0.05) is 6.07 Å². The largest absolute Gasteiger partial charge is 0.376 e. The van der Waals surface area contributed by atoms with E-state index in [-0.39, 0.29) is 12.2 Å². The fourth-order valence-corrected chi connectivity index (χ4v) is 2.18. The Bertz CT molecular complexity index is 898. The Morgan fingerprint density at radius 2 is 2.00 bits per heavy atom. The van der Waals surface area contributed by atoms with Crippen molar-refractivity contribution in [3.8, 4) is 5.69 Å². The van der Waals surface area contributed by atoms with Gasteiger partial charge < -0.3 is 10.6 Å². The van der Waals surface area contributed by atoms with Gasteiger partial charge in [0.1, 0.15) is 6.33 Å². The summed E-state index contributed by atoms with van der Waals surface area (Å²) in [6.45, 7) is 1.85. The van der Waals surface area contributed by atoms with Crippen molar-refractivity contribution in [2.45, 2.75) is 6.92 Å². The second-order valence-corrected chi connectivity index (χ2v) is 5.28. The minimum absolute atomic E-state index is 0.0428. The Morgan fingerprint density at radius 1 is 1.16 bits per heavy atom. The quantitative estimate of drug-likeness (QED) is 0.742. The van der Waals surface area contributed by atoms with Crippen molar-refractivity contribution in [2.75, 3.05) is 17.2 Å². The maximum Gasteiger partial charge on any atom is 0.243 e. The van der Waals surface area contributed by atoms with Crippen LogP contribution in [0.15, 0.2) is 42.7 Å². The lowest BCUT2D eigenvalue weighted by atomic mass is 10.2. The molecule has 0 fully saturated rings. The number of nitrogens with zero attached hydrogens (tertiary/aromatic N) is 4. The summed E-state index contributed by atoms with van der Waals surface area (Å²) in [5.41, 5.74) is 2.58. The first kappa shape index (κ1) is 16.5. The smallest absolute Gasteiger partial charge is 0.243 e. The Morgan fingerprint density at radius 3 is 2.72 bits per heavy atom. The molecule has 25 heavy (non-hydrogen) atoms. The molecule has 0 bridgehead atoms. The highest BCUT2D eigenvalue weighted by atomic mass is 19.2. The number of aromatic nitrogens is 4. The van der Waals surface area contributed by atoms with E-state index in [4.69, 9.17) is 0 Å². The number of carbonyl (C=O) groups is 1. The second-order valence-electron chi connectivity index (χ2n) is 5.28. The molecular formula is C16H14F2N6O. The van der Waals surface area contributed by atoms with Gasteiger partial charge in [-0.25, -0.2) is 13.5 Å². The number of carbonyl (C=O) groups excluding carboxylic acids is 1. The highest BCUT2D eigenvalue weighted by Gasteiger charge is 2.08. The summed E-state index contributed by atoms with van der Waals surface area (Å²) in [5.74, 6) is -2.37. The van der Waals surface area contributed by atoms with Gasteiger partial charge >= 0.3 is 0 Å². The van der Waals surface area contributed by atoms with Gasteiger partial charge in [-0.05, 0) is 47.2 Å². The second kappa shape index (κ2) is 7.04. The van der Waals surface area contributed by atoms with Gasteiger partial charge in [0, 0.05) is 17.4 Å². The zero-order valence-electron chi connectivity index (χ0n) is 13.2. The first-order chi connectivity index (χ1) is 12.0. The Labute approximate surface area is 141 Å². The van der Waals surface area contributed by atoms with Crippen molar-refractivity contribution in [3.63, 3.8) is 0 Å². The molecule has 0 spiro atoms. The average Bonchev–Trinajstić information content (AvgIpc) is 3.12. The summed E-state index contributed by atoms with van der Waals surface area (Å²) in [6.07, 6.45) is 1.46. The number of anilines is 2. The van der Waals surface area contributed by atoms with Crippen molar-refractivity contribution in [3.05, 3.63) is 59.9 Å². The summed E-state index contributed by atoms with van der Waals surface area (Å²) in [4.78, 5) is 12.0. The predicted molar refractivity (Wildman–Crippen MR) is 87.4 cm³/mol. The van der Waals surface area contributed by atoms with Crippen molar-refractivity contribution in [2.24, 2.45) is 0 Å². The first-order valence-electron chi connectivity index (χ1n) is 7.36. The van der Waals surface area contributed by atoms with Crippen molar-refractivity contribution in [1.29, 1.82) is 0 Å². The minimum atomic E-state index is -1.02. The van der Waals surface area contributed by atoms with Crippen LogP contribution in [0.2, 0.25) is 0 Å². The molecule has 1 aromatic heterocycles. The normalized spacial score (nSPS) is 10.5. The predicted octanol–water partition coefficient (Wildman–Crippen LogP) is 2.30. The van der Waals surface area contributed by atoms with E-state index in [9.17, 15) is 13.6 Å². The van der Waals surface area contributed by atoms with E-state index in [1.807, 2.05) is 19.1 Å². The third-order valence-corrected chi connectivity index (χ3v) is 3.48. The maximum atomic E-state index is 13.2. The average molecular weight is 344 g/mol. The van der Waals surface area contributed by atoms with E-state index in [0.717, 1.165) is 29.1 Å². The number of amides is 1. The van der Waals surface area contributed by atoms with E-state index >= 15 is 0 Å².